The summed E-state index contributed by atoms with van der Waals surface area (Å²) >= 11 is 0. The van der Waals surface area contributed by atoms with Gasteiger partial charge in [0.15, 0.2) is 0 Å². The van der Waals surface area contributed by atoms with Gasteiger partial charge >= 0.3 is 22.0 Å². The maximum atomic E-state index is 12.6. The van der Waals surface area contributed by atoms with E-state index in [1.54, 1.807) is 14.0 Å². The van der Waals surface area contributed by atoms with E-state index in [-0.39, 0.29) is 42.5 Å². The molecule has 2 unspecified atom stereocenters. The van der Waals surface area contributed by atoms with Crippen LogP contribution < -0.4 is 25.4 Å². The van der Waals surface area contributed by atoms with Crippen LogP contribution >= 0.6 is 0 Å². The highest BCUT2D eigenvalue weighted by Crippen LogP contribution is 2.27. The number of likely N-dealkylation sites (N-methyl/N-ethyl adjacent to an activating group) is 1. The number of hydrazine groups is 1. The van der Waals surface area contributed by atoms with Crippen LogP contribution in [0.15, 0.2) is 48.5 Å². The number of carbonyl (C=O) groups is 2. The molecule has 0 saturated heterocycles. The molecular formula is C32H52F6N4O8S. The lowest BCUT2D eigenvalue weighted by Gasteiger charge is -2.32. The van der Waals surface area contributed by atoms with Crippen LogP contribution in [0, 0.1) is 12.3 Å². The summed E-state index contributed by atoms with van der Waals surface area (Å²) in [5, 5.41) is 14.3. The summed E-state index contributed by atoms with van der Waals surface area (Å²) in [5.74, 6) is -0.994. The molecule has 51 heavy (non-hydrogen) atoms. The third-order valence-electron chi connectivity index (χ3n) is 5.53. The summed E-state index contributed by atoms with van der Waals surface area (Å²) in [5.41, 5.74) is 3.85. The first-order chi connectivity index (χ1) is 23.5. The van der Waals surface area contributed by atoms with E-state index in [0.717, 1.165) is 17.7 Å². The fourth-order valence-corrected chi connectivity index (χ4v) is 3.90. The number of benzene rings is 2. The van der Waals surface area contributed by atoms with Crippen LogP contribution in [0.3, 0.4) is 0 Å². The summed E-state index contributed by atoms with van der Waals surface area (Å²) in [6, 6.07) is 9.98. The Balaban J connectivity index is -0.000000835. The molecule has 0 saturated carbocycles. The summed E-state index contributed by atoms with van der Waals surface area (Å²) in [4.78, 5) is 21.6. The van der Waals surface area contributed by atoms with Gasteiger partial charge in [-0.25, -0.2) is 5.01 Å². The van der Waals surface area contributed by atoms with Crippen LogP contribution in [0.1, 0.15) is 59.6 Å². The monoisotopic (exact) mass is 766 g/mol. The normalized spacial score (nSPS) is 12.4. The molecule has 0 aliphatic heterocycles. The van der Waals surface area contributed by atoms with Gasteiger partial charge in [-0.05, 0) is 49.2 Å². The fraction of sp³-hybridized carbons (Fsp3) is 0.562. The zero-order valence-electron chi connectivity index (χ0n) is 30.5. The average molecular weight is 767 g/mol. The van der Waals surface area contributed by atoms with E-state index in [9.17, 15) is 44.7 Å². The minimum Gasteiger partial charge on any atom is -0.471 e. The van der Waals surface area contributed by atoms with E-state index < -0.39 is 34.1 Å². The summed E-state index contributed by atoms with van der Waals surface area (Å²) in [6.45, 7) is 16.0. The third-order valence-corrected chi connectivity index (χ3v) is 6.50. The zero-order valence-corrected chi connectivity index (χ0v) is 31.3. The molecule has 2 aromatic carbocycles. The molecule has 0 fully saturated rings. The number of rotatable bonds is 12. The maximum Gasteiger partial charge on any atom is 0.573 e. The van der Waals surface area contributed by atoms with Gasteiger partial charge in [0, 0.05) is 19.6 Å². The van der Waals surface area contributed by atoms with E-state index in [0.29, 0.717) is 12.0 Å². The van der Waals surface area contributed by atoms with Crippen LogP contribution in [-0.2, 0) is 31.0 Å². The van der Waals surface area contributed by atoms with Crippen molar-refractivity contribution < 1.29 is 63.1 Å². The van der Waals surface area contributed by atoms with Crippen molar-refractivity contribution in [2.45, 2.75) is 86.0 Å². The van der Waals surface area contributed by atoms with Crippen molar-refractivity contribution in [3.05, 3.63) is 59.7 Å². The molecule has 0 aliphatic rings. The molecule has 296 valence electrons. The van der Waals surface area contributed by atoms with Gasteiger partial charge in [-0.15, -0.1) is 13.2 Å². The number of aliphatic hydroxyl groups excluding tert-OH is 1. The molecule has 12 nitrogen and oxygen atoms in total. The second kappa shape index (κ2) is 25.3. The topological polar surface area (TPSA) is 170 Å². The number of hydrogen-bond acceptors (Lipinski definition) is 11. The van der Waals surface area contributed by atoms with E-state index in [1.807, 2.05) is 48.5 Å². The molecule has 2 aromatic rings. The van der Waals surface area contributed by atoms with Gasteiger partial charge < -0.3 is 29.8 Å². The highest BCUT2D eigenvalue weighted by Gasteiger charge is 2.48. The van der Waals surface area contributed by atoms with Crippen molar-refractivity contribution in [2.24, 2.45) is 11.1 Å². The highest BCUT2D eigenvalue weighted by molar-refractivity contribution is 7.88. The molecular weight excluding hydrogens is 714 g/mol. The van der Waals surface area contributed by atoms with Crippen molar-refractivity contribution >= 4 is 22.5 Å². The Morgan fingerprint density at radius 2 is 1.39 bits per heavy atom. The number of halogens is 6. The number of nitrogens with zero attached hydrogens (tertiary/aromatic N) is 1. The smallest absolute Gasteiger partial charge is 0.471 e. The van der Waals surface area contributed by atoms with Crippen LogP contribution in [-0.4, -0.2) is 82.2 Å². The minimum atomic E-state index is -5.56. The number of ether oxygens (including phenoxy) is 2. The van der Waals surface area contributed by atoms with E-state index in [4.69, 9.17) is 10.5 Å². The fourth-order valence-electron chi connectivity index (χ4n) is 3.44. The molecule has 1 amide bonds. The highest BCUT2D eigenvalue weighted by atomic mass is 32.2. The lowest BCUT2D eigenvalue weighted by Crippen LogP contribution is -2.56. The van der Waals surface area contributed by atoms with Crippen molar-refractivity contribution in [1.29, 1.82) is 0 Å². The second-order valence-corrected chi connectivity index (χ2v) is 12.2. The first-order valence-corrected chi connectivity index (χ1v) is 16.9. The number of hydrogen-bond donors (Lipinski definition) is 4. The quantitative estimate of drug-likeness (QED) is 0.0714. The lowest BCUT2D eigenvalue weighted by molar-refractivity contribution is -0.274. The van der Waals surface area contributed by atoms with Gasteiger partial charge in [0.1, 0.15) is 11.5 Å². The number of amides is 1. The van der Waals surface area contributed by atoms with Gasteiger partial charge in [0.25, 0.3) is 12.4 Å². The minimum absolute atomic E-state index is 0.000538. The molecule has 2 atom stereocenters. The zero-order chi connectivity index (χ0) is 40.6. The number of aliphatic hydroxyl groups is 1. The molecule has 0 heterocycles. The Bertz CT molecular complexity index is 1320. The van der Waals surface area contributed by atoms with Crippen molar-refractivity contribution in [3.8, 4) is 11.5 Å². The standard InChI is InChI=1S/C18H29F3N4O3.C8H7F3O3S.C2H4O2.2C2H6/c1-17(2,3)15(23-4)16(27)24-25(11-13(26)9-22)10-12-5-7-14(8-6-12)28-18(19,20)21;1-6-2-4-7(5-3-6)14-15(12,13)8(9,10)11;1-4-2-3;2*1-2/h5-8,13,15,23,26H,9-11,22H2,1-4H3,(H,24,27);2-5H,1H3;2H,1H3;2*1-2H3. The molecule has 19 heteroatoms. The Labute approximate surface area is 296 Å². The Morgan fingerprint density at radius 1 is 0.941 bits per heavy atom. The number of aryl methyl sites for hydroxylation is 1. The lowest BCUT2D eigenvalue weighted by atomic mass is 9.86. The number of alkyl halides is 6. The Kier molecular flexibility index (Phi) is 25.7. The van der Waals surface area contributed by atoms with E-state index >= 15 is 0 Å². The largest absolute Gasteiger partial charge is 0.573 e. The molecule has 0 aliphatic carbocycles. The maximum absolute atomic E-state index is 12.6. The van der Waals surface area contributed by atoms with Crippen molar-refractivity contribution in [1.82, 2.24) is 15.8 Å². The first-order valence-electron chi connectivity index (χ1n) is 15.5. The van der Waals surface area contributed by atoms with Crippen molar-refractivity contribution in [3.63, 3.8) is 0 Å². The first kappa shape index (κ1) is 51.7. The molecule has 2 rings (SSSR count). The predicted octanol–water partition coefficient (Wildman–Crippen LogP) is 5.44. The summed E-state index contributed by atoms with van der Waals surface area (Å²) < 4.78 is 105. The SMILES string of the molecule is CC.CC.CNC(C(=O)NN(Cc1ccc(OC(F)(F)F)cc1)CC(O)CN)C(C)(C)C.COC=O.Cc1ccc(OS(=O)(=O)C(F)(F)F)cc1. The van der Waals surface area contributed by atoms with E-state index in [1.165, 1.54) is 48.5 Å². The molecule has 5 N–H and O–H groups in total. The third kappa shape index (κ3) is 23.5. The van der Waals surface area contributed by atoms with Gasteiger partial charge in [-0.1, -0.05) is 78.3 Å². The Morgan fingerprint density at radius 3 is 1.75 bits per heavy atom. The van der Waals surface area contributed by atoms with Gasteiger partial charge in [0.05, 0.1) is 19.3 Å². The van der Waals surface area contributed by atoms with Crippen LogP contribution in [0.2, 0.25) is 0 Å². The van der Waals surface area contributed by atoms with Crippen LogP contribution in [0.5, 0.6) is 11.5 Å². The predicted molar refractivity (Wildman–Crippen MR) is 182 cm³/mol. The van der Waals surface area contributed by atoms with Gasteiger partial charge in [-0.3, -0.25) is 15.0 Å². The van der Waals surface area contributed by atoms with Crippen LogP contribution in [0.4, 0.5) is 26.3 Å². The van der Waals surface area contributed by atoms with Gasteiger partial charge in [-0.2, -0.15) is 21.6 Å². The number of nitrogens with two attached hydrogens (primary N) is 1. The average Bonchev–Trinajstić information content (AvgIpc) is 3.03. The summed E-state index contributed by atoms with van der Waals surface area (Å²) in [7, 11) is -2.58. The van der Waals surface area contributed by atoms with Crippen molar-refractivity contribution in [2.75, 3.05) is 27.2 Å². The number of carbonyl (C=O) groups excluding carboxylic acids is 2. The Hall–Kier alpha value is -3.65. The summed E-state index contributed by atoms with van der Waals surface area (Å²) in [6.07, 6.45) is -5.64. The second-order valence-electron chi connectivity index (χ2n) is 10.7. The molecule has 0 aromatic heterocycles. The molecule has 0 spiro atoms. The van der Waals surface area contributed by atoms with Crippen LogP contribution in [0.25, 0.3) is 0 Å². The number of methoxy groups -OCH3 is 1. The molecule has 0 radical (unpaired) electrons. The molecule has 0 bridgehead atoms. The van der Waals surface area contributed by atoms with Gasteiger partial charge in [0.2, 0.25) is 0 Å². The number of nitrogens with one attached hydrogen (secondary N) is 2. The van der Waals surface area contributed by atoms with E-state index in [2.05, 4.69) is 24.4 Å².